The van der Waals surface area contributed by atoms with Crippen LogP contribution in [0.1, 0.15) is 68.9 Å². The number of amidine groups is 1. The Labute approximate surface area is 187 Å². The number of nitrogens with zero attached hydrogens (tertiary/aromatic N) is 2. The zero-order valence-electron chi connectivity index (χ0n) is 19.6. The number of rotatable bonds is 11. The van der Waals surface area contributed by atoms with Gasteiger partial charge in [-0.05, 0) is 55.7 Å². The van der Waals surface area contributed by atoms with E-state index in [-0.39, 0.29) is 5.91 Å². The Hall–Kier alpha value is -2.89. The van der Waals surface area contributed by atoms with Crippen LogP contribution in [-0.2, 0) is 0 Å². The first-order valence-electron chi connectivity index (χ1n) is 11.4. The lowest BCUT2D eigenvalue weighted by molar-refractivity contribution is 0.0963. The molecule has 6 nitrogen and oxygen atoms in total. The molecule has 0 aliphatic rings. The molecule has 2 aromatic rings. The second-order valence-electron chi connectivity index (χ2n) is 7.79. The molecule has 0 fully saturated rings. The molecule has 1 heterocycles. The number of amides is 1. The molecule has 1 unspecified atom stereocenters. The summed E-state index contributed by atoms with van der Waals surface area (Å²) in [5.74, 6) is 2.35. The van der Waals surface area contributed by atoms with Crippen LogP contribution in [0.25, 0.3) is 0 Å². The van der Waals surface area contributed by atoms with Crippen LogP contribution in [0.5, 0.6) is 0 Å². The first-order valence-corrected chi connectivity index (χ1v) is 11.4. The summed E-state index contributed by atoms with van der Waals surface area (Å²) in [5, 5.41) is 9.46. The summed E-state index contributed by atoms with van der Waals surface area (Å²) in [4.78, 5) is 21.2. The molecule has 0 bridgehead atoms. The highest BCUT2D eigenvalue weighted by molar-refractivity contribution is 5.98. The number of aryl methyl sites for hydroxylation is 1. The van der Waals surface area contributed by atoms with Crippen molar-refractivity contribution in [3.05, 3.63) is 47.7 Å². The standard InChI is InChI=1S/C25H37N5O/c1-6-9-10-19(7-2)17-27-24-16-15-22(18(4)28-24)30-23(8-3)29-21-13-11-20(12-14-21)25(31)26-5/h11-16,19H,6-10,17H2,1-5H3,(H,26,31)(H,27,28)(H,29,30). The smallest absolute Gasteiger partial charge is 0.251 e. The molecular formula is C25H37N5O. The SMILES string of the molecule is CCCCC(CC)CNc1ccc(N=C(CC)Nc2ccc(C(=O)NC)cc2)c(C)n1. The van der Waals surface area contributed by atoms with E-state index in [4.69, 9.17) is 9.98 Å². The van der Waals surface area contributed by atoms with Crippen LogP contribution in [0.4, 0.5) is 17.2 Å². The van der Waals surface area contributed by atoms with E-state index in [1.807, 2.05) is 31.2 Å². The maximum atomic E-state index is 11.7. The predicted molar refractivity (Wildman–Crippen MR) is 132 cm³/mol. The summed E-state index contributed by atoms with van der Waals surface area (Å²) >= 11 is 0. The van der Waals surface area contributed by atoms with Crippen molar-refractivity contribution in [1.82, 2.24) is 10.3 Å². The summed E-state index contributed by atoms with van der Waals surface area (Å²) < 4.78 is 0. The quantitative estimate of drug-likeness (QED) is 0.309. The minimum Gasteiger partial charge on any atom is -0.370 e. The number of hydrogen-bond acceptors (Lipinski definition) is 4. The van der Waals surface area contributed by atoms with Gasteiger partial charge in [-0.25, -0.2) is 9.98 Å². The minimum absolute atomic E-state index is 0.0954. The molecule has 0 saturated carbocycles. The molecule has 3 N–H and O–H groups in total. The zero-order chi connectivity index (χ0) is 22.6. The number of carbonyl (C=O) groups is 1. The van der Waals surface area contributed by atoms with E-state index < -0.39 is 0 Å². The van der Waals surface area contributed by atoms with E-state index in [9.17, 15) is 4.79 Å². The van der Waals surface area contributed by atoms with Gasteiger partial charge < -0.3 is 16.0 Å². The second kappa shape index (κ2) is 12.7. The monoisotopic (exact) mass is 423 g/mol. The van der Waals surface area contributed by atoms with Crippen molar-refractivity contribution in [2.75, 3.05) is 24.2 Å². The van der Waals surface area contributed by atoms with Gasteiger partial charge in [0.2, 0.25) is 0 Å². The second-order valence-corrected chi connectivity index (χ2v) is 7.79. The minimum atomic E-state index is -0.0954. The highest BCUT2D eigenvalue weighted by Gasteiger charge is 2.08. The third-order valence-corrected chi connectivity index (χ3v) is 5.43. The Bertz CT molecular complexity index is 861. The van der Waals surface area contributed by atoms with Crippen LogP contribution in [0.15, 0.2) is 41.4 Å². The average molecular weight is 424 g/mol. The zero-order valence-corrected chi connectivity index (χ0v) is 19.6. The summed E-state index contributed by atoms with van der Waals surface area (Å²) in [5.41, 5.74) is 3.28. The molecule has 0 aliphatic carbocycles. The van der Waals surface area contributed by atoms with E-state index in [1.54, 1.807) is 19.2 Å². The summed E-state index contributed by atoms with van der Waals surface area (Å²) in [6.45, 7) is 9.50. The lowest BCUT2D eigenvalue weighted by Crippen LogP contribution is -2.17. The Morgan fingerprint density at radius 3 is 2.42 bits per heavy atom. The third-order valence-electron chi connectivity index (χ3n) is 5.43. The molecule has 0 spiro atoms. The number of carbonyl (C=O) groups excluding carboxylic acids is 1. The Morgan fingerprint density at radius 1 is 1.10 bits per heavy atom. The molecule has 31 heavy (non-hydrogen) atoms. The normalized spacial score (nSPS) is 12.4. The largest absolute Gasteiger partial charge is 0.370 e. The van der Waals surface area contributed by atoms with Gasteiger partial charge >= 0.3 is 0 Å². The first-order chi connectivity index (χ1) is 15.0. The van der Waals surface area contributed by atoms with E-state index in [0.717, 1.165) is 41.7 Å². The lowest BCUT2D eigenvalue weighted by Gasteiger charge is -2.16. The highest BCUT2D eigenvalue weighted by Crippen LogP contribution is 2.21. The fraction of sp³-hybridized carbons (Fsp3) is 0.480. The number of anilines is 2. The van der Waals surface area contributed by atoms with Crippen LogP contribution in [0.2, 0.25) is 0 Å². The maximum absolute atomic E-state index is 11.7. The van der Waals surface area contributed by atoms with Gasteiger partial charge in [0, 0.05) is 31.3 Å². The fourth-order valence-electron chi connectivity index (χ4n) is 3.32. The molecule has 0 aliphatic heterocycles. The van der Waals surface area contributed by atoms with Crippen molar-refractivity contribution < 1.29 is 4.79 Å². The van der Waals surface area contributed by atoms with Gasteiger partial charge in [0.15, 0.2) is 0 Å². The molecule has 0 radical (unpaired) electrons. The van der Waals surface area contributed by atoms with E-state index in [1.165, 1.54) is 25.7 Å². The van der Waals surface area contributed by atoms with Gasteiger partial charge in [-0.1, -0.05) is 40.0 Å². The fourth-order valence-corrected chi connectivity index (χ4v) is 3.32. The number of hydrogen-bond donors (Lipinski definition) is 3. The van der Waals surface area contributed by atoms with E-state index in [2.05, 4.69) is 36.7 Å². The number of unbranched alkanes of at least 4 members (excludes halogenated alkanes) is 1. The van der Waals surface area contributed by atoms with Crippen LogP contribution in [0, 0.1) is 12.8 Å². The third kappa shape index (κ3) is 7.70. The van der Waals surface area contributed by atoms with Crippen molar-refractivity contribution in [2.24, 2.45) is 10.9 Å². The number of nitrogens with one attached hydrogen (secondary N) is 3. The number of benzene rings is 1. The maximum Gasteiger partial charge on any atom is 0.251 e. The van der Waals surface area contributed by atoms with Gasteiger partial charge in [0.05, 0.1) is 11.4 Å². The van der Waals surface area contributed by atoms with Crippen molar-refractivity contribution in [1.29, 1.82) is 0 Å². The van der Waals surface area contributed by atoms with Gasteiger partial charge in [0.1, 0.15) is 11.7 Å². The lowest BCUT2D eigenvalue weighted by atomic mass is 9.99. The van der Waals surface area contributed by atoms with E-state index in [0.29, 0.717) is 11.5 Å². The molecule has 1 aromatic carbocycles. The Kier molecular flexibility index (Phi) is 10.0. The van der Waals surface area contributed by atoms with Crippen LogP contribution in [0.3, 0.4) is 0 Å². The summed E-state index contributed by atoms with van der Waals surface area (Å²) in [6.07, 6.45) is 5.72. The predicted octanol–water partition coefficient (Wildman–Crippen LogP) is 5.93. The molecule has 6 heteroatoms. The topological polar surface area (TPSA) is 78.4 Å². The van der Waals surface area contributed by atoms with E-state index >= 15 is 0 Å². The molecule has 168 valence electrons. The van der Waals surface area contributed by atoms with Crippen LogP contribution < -0.4 is 16.0 Å². The van der Waals surface area contributed by atoms with Crippen molar-refractivity contribution in [3.8, 4) is 0 Å². The molecule has 1 aromatic heterocycles. The van der Waals surface area contributed by atoms with Gasteiger partial charge in [-0.2, -0.15) is 0 Å². The van der Waals surface area contributed by atoms with Crippen molar-refractivity contribution in [2.45, 2.75) is 59.8 Å². The van der Waals surface area contributed by atoms with Crippen molar-refractivity contribution in [3.63, 3.8) is 0 Å². The molecule has 2 rings (SSSR count). The molecular weight excluding hydrogens is 386 g/mol. The molecule has 1 atom stereocenters. The highest BCUT2D eigenvalue weighted by atomic mass is 16.1. The molecule has 1 amide bonds. The summed E-state index contributed by atoms with van der Waals surface area (Å²) in [6, 6.07) is 11.4. The molecule has 0 saturated heterocycles. The first kappa shape index (κ1) is 24.4. The average Bonchev–Trinajstić information content (AvgIpc) is 2.80. The van der Waals surface area contributed by atoms with Gasteiger partial charge in [-0.3, -0.25) is 4.79 Å². The number of aromatic nitrogens is 1. The van der Waals surface area contributed by atoms with Crippen molar-refractivity contribution >= 4 is 28.9 Å². The Morgan fingerprint density at radius 2 is 1.84 bits per heavy atom. The van der Waals surface area contributed by atoms with Gasteiger partial charge in [-0.15, -0.1) is 0 Å². The Balaban J connectivity index is 2.04. The number of pyridine rings is 1. The number of aliphatic imine (C=N–C) groups is 1. The van der Waals surface area contributed by atoms with Crippen LogP contribution in [-0.4, -0.2) is 30.3 Å². The van der Waals surface area contributed by atoms with Crippen LogP contribution >= 0.6 is 0 Å². The summed E-state index contributed by atoms with van der Waals surface area (Å²) in [7, 11) is 1.63. The van der Waals surface area contributed by atoms with Gasteiger partial charge in [0.25, 0.3) is 5.91 Å².